The normalized spacial score (nSPS) is 18.2. The minimum Gasteiger partial charge on any atom is -0.481 e. The maximum absolute atomic E-state index is 13.7. The number of rotatable bonds is 5. The van der Waals surface area contributed by atoms with E-state index in [0.29, 0.717) is 17.4 Å². The van der Waals surface area contributed by atoms with Crippen LogP contribution in [0.1, 0.15) is 12.0 Å². The molecule has 1 aromatic rings. The van der Waals surface area contributed by atoms with Gasteiger partial charge in [0.15, 0.2) is 0 Å². The van der Waals surface area contributed by atoms with Gasteiger partial charge in [-0.2, -0.15) is 23.5 Å². The molecule has 0 radical (unpaired) electrons. The maximum atomic E-state index is 13.7. The standard InChI is InChI=1S/C14H16FNO3S2/c15-12-6-10(2-1-9(12)5-14(18)19)16-13(17)7-11-8-20-3-4-21-11/h1-2,6,11H,3-5,7-8H2,(H,16,17)(H,18,19). The minimum atomic E-state index is -1.09. The van der Waals surface area contributed by atoms with Crippen LogP contribution in [-0.2, 0) is 16.0 Å². The summed E-state index contributed by atoms with van der Waals surface area (Å²) in [6.45, 7) is 0. The minimum absolute atomic E-state index is 0.111. The lowest BCUT2D eigenvalue weighted by atomic mass is 10.1. The van der Waals surface area contributed by atoms with Gasteiger partial charge in [-0.05, 0) is 17.7 Å². The van der Waals surface area contributed by atoms with E-state index < -0.39 is 11.8 Å². The molecule has 2 rings (SSSR count). The Bertz CT molecular complexity index is 533. The van der Waals surface area contributed by atoms with Crippen LogP contribution in [0.5, 0.6) is 0 Å². The molecular weight excluding hydrogens is 313 g/mol. The van der Waals surface area contributed by atoms with E-state index in [-0.39, 0.29) is 17.9 Å². The fourth-order valence-electron chi connectivity index (χ4n) is 2.00. The Labute approximate surface area is 130 Å². The van der Waals surface area contributed by atoms with Crippen LogP contribution in [-0.4, -0.2) is 39.5 Å². The van der Waals surface area contributed by atoms with Crippen LogP contribution in [0.3, 0.4) is 0 Å². The summed E-state index contributed by atoms with van der Waals surface area (Å²) in [5.74, 6) is 1.31. The summed E-state index contributed by atoms with van der Waals surface area (Å²) < 4.78 is 13.7. The van der Waals surface area contributed by atoms with Crippen molar-refractivity contribution in [3.63, 3.8) is 0 Å². The molecule has 1 saturated heterocycles. The first-order valence-corrected chi connectivity index (χ1v) is 8.74. The number of aliphatic carboxylic acids is 1. The topological polar surface area (TPSA) is 66.4 Å². The molecule has 21 heavy (non-hydrogen) atoms. The molecule has 0 spiro atoms. The van der Waals surface area contributed by atoms with E-state index in [0.717, 1.165) is 17.3 Å². The first-order chi connectivity index (χ1) is 10.0. The number of anilines is 1. The highest BCUT2D eigenvalue weighted by Gasteiger charge is 2.18. The number of carboxylic acid groups (broad SMARTS) is 1. The highest BCUT2D eigenvalue weighted by atomic mass is 32.2. The molecule has 1 amide bonds. The van der Waals surface area contributed by atoms with Gasteiger partial charge in [-0.25, -0.2) is 4.39 Å². The molecule has 1 aromatic carbocycles. The molecule has 1 aliphatic heterocycles. The van der Waals surface area contributed by atoms with Gasteiger partial charge < -0.3 is 10.4 Å². The van der Waals surface area contributed by atoms with Crippen molar-refractivity contribution in [2.75, 3.05) is 22.6 Å². The van der Waals surface area contributed by atoms with Gasteiger partial charge >= 0.3 is 5.97 Å². The van der Waals surface area contributed by atoms with Crippen molar-refractivity contribution < 1.29 is 19.1 Å². The van der Waals surface area contributed by atoms with Gasteiger partial charge in [-0.15, -0.1) is 0 Å². The molecule has 0 saturated carbocycles. The maximum Gasteiger partial charge on any atom is 0.307 e. The molecule has 2 N–H and O–H groups in total. The zero-order valence-corrected chi connectivity index (χ0v) is 12.9. The Morgan fingerprint density at radius 3 is 2.81 bits per heavy atom. The van der Waals surface area contributed by atoms with Crippen molar-refractivity contribution in [3.05, 3.63) is 29.6 Å². The number of halogens is 1. The number of carboxylic acids is 1. The number of carbonyl (C=O) groups excluding carboxylic acids is 1. The lowest BCUT2D eigenvalue weighted by molar-refractivity contribution is -0.136. The Kier molecular flexibility index (Phi) is 5.93. The Hall–Kier alpha value is -1.21. The molecule has 0 bridgehead atoms. The summed E-state index contributed by atoms with van der Waals surface area (Å²) in [7, 11) is 0. The predicted octanol–water partition coefficient (Wildman–Crippen LogP) is 2.63. The summed E-state index contributed by atoms with van der Waals surface area (Å²) in [6.07, 6.45) is 0.0478. The number of hydrogen-bond donors (Lipinski definition) is 2. The van der Waals surface area contributed by atoms with Gasteiger partial charge in [0.05, 0.1) is 6.42 Å². The summed E-state index contributed by atoms with van der Waals surface area (Å²) in [4.78, 5) is 22.5. The molecule has 114 valence electrons. The molecule has 4 nitrogen and oxygen atoms in total. The van der Waals surface area contributed by atoms with Crippen molar-refractivity contribution >= 4 is 41.1 Å². The van der Waals surface area contributed by atoms with Crippen molar-refractivity contribution in [1.29, 1.82) is 0 Å². The molecule has 0 aliphatic carbocycles. The van der Waals surface area contributed by atoms with Crippen LogP contribution in [0, 0.1) is 5.82 Å². The molecule has 1 heterocycles. The average Bonchev–Trinajstić information content (AvgIpc) is 2.42. The summed E-state index contributed by atoms with van der Waals surface area (Å²) in [6, 6.07) is 4.09. The average molecular weight is 329 g/mol. The number of thioether (sulfide) groups is 2. The van der Waals surface area contributed by atoms with E-state index in [1.165, 1.54) is 18.2 Å². The Morgan fingerprint density at radius 1 is 1.38 bits per heavy atom. The highest BCUT2D eigenvalue weighted by Crippen LogP contribution is 2.26. The first kappa shape index (κ1) is 16.2. The van der Waals surface area contributed by atoms with Crippen LogP contribution < -0.4 is 5.32 Å². The fraction of sp³-hybridized carbons (Fsp3) is 0.429. The van der Waals surface area contributed by atoms with Gasteiger partial charge in [0.1, 0.15) is 5.82 Å². The first-order valence-electron chi connectivity index (χ1n) is 6.54. The summed E-state index contributed by atoms with van der Waals surface area (Å²) in [5.41, 5.74) is 0.472. The third kappa shape index (κ3) is 5.24. The van der Waals surface area contributed by atoms with Gasteiger partial charge in [0, 0.05) is 34.6 Å². The molecular formula is C14H16FNO3S2. The van der Waals surface area contributed by atoms with E-state index in [2.05, 4.69) is 5.32 Å². The van der Waals surface area contributed by atoms with Crippen LogP contribution in [0.15, 0.2) is 18.2 Å². The molecule has 1 fully saturated rings. The highest BCUT2D eigenvalue weighted by molar-refractivity contribution is 8.06. The molecule has 1 aliphatic rings. The zero-order chi connectivity index (χ0) is 15.2. The third-order valence-electron chi connectivity index (χ3n) is 2.98. The monoisotopic (exact) mass is 329 g/mol. The van der Waals surface area contributed by atoms with Crippen LogP contribution in [0.25, 0.3) is 0 Å². The van der Waals surface area contributed by atoms with Crippen LogP contribution >= 0.6 is 23.5 Å². The quantitative estimate of drug-likeness (QED) is 0.869. The van der Waals surface area contributed by atoms with Gasteiger partial charge in [-0.3, -0.25) is 9.59 Å². The number of benzene rings is 1. The Balaban J connectivity index is 1.91. The van der Waals surface area contributed by atoms with E-state index in [9.17, 15) is 14.0 Å². The molecule has 7 heteroatoms. The third-order valence-corrected chi connectivity index (χ3v) is 5.82. The molecule has 0 aromatic heterocycles. The van der Waals surface area contributed by atoms with Gasteiger partial charge in [0.25, 0.3) is 0 Å². The lowest BCUT2D eigenvalue weighted by Crippen LogP contribution is -2.22. The second kappa shape index (κ2) is 7.70. The molecule has 1 unspecified atom stereocenters. The second-order valence-electron chi connectivity index (χ2n) is 4.70. The van der Waals surface area contributed by atoms with Crippen LogP contribution in [0.2, 0.25) is 0 Å². The van der Waals surface area contributed by atoms with Gasteiger partial charge in [-0.1, -0.05) is 6.07 Å². The van der Waals surface area contributed by atoms with Gasteiger partial charge in [0.2, 0.25) is 5.91 Å². The van der Waals surface area contributed by atoms with E-state index in [1.807, 2.05) is 11.8 Å². The Morgan fingerprint density at radius 2 is 2.19 bits per heavy atom. The summed E-state index contributed by atoms with van der Waals surface area (Å²) in [5, 5.41) is 11.6. The largest absolute Gasteiger partial charge is 0.481 e. The van der Waals surface area contributed by atoms with Crippen molar-refractivity contribution in [1.82, 2.24) is 0 Å². The van der Waals surface area contributed by atoms with Crippen molar-refractivity contribution in [2.24, 2.45) is 0 Å². The number of nitrogens with one attached hydrogen (secondary N) is 1. The summed E-state index contributed by atoms with van der Waals surface area (Å²) >= 11 is 3.64. The van der Waals surface area contributed by atoms with Crippen LogP contribution in [0.4, 0.5) is 10.1 Å². The van der Waals surface area contributed by atoms with E-state index >= 15 is 0 Å². The zero-order valence-electron chi connectivity index (χ0n) is 11.3. The fourth-order valence-corrected chi connectivity index (χ4v) is 4.68. The number of hydrogen-bond acceptors (Lipinski definition) is 4. The van der Waals surface area contributed by atoms with Crippen molar-refractivity contribution in [2.45, 2.75) is 18.1 Å². The van der Waals surface area contributed by atoms with E-state index in [1.54, 1.807) is 11.8 Å². The second-order valence-corrected chi connectivity index (χ2v) is 7.25. The van der Waals surface area contributed by atoms with Crippen molar-refractivity contribution in [3.8, 4) is 0 Å². The number of carbonyl (C=O) groups is 2. The number of amides is 1. The van der Waals surface area contributed by atoms with E-state index in [4.69, 9.17) is 5.11 Å². The molecule has 1 atom stereocenters. The lowest BCUT2D eigenvalue weighted by Gasteiger charge is -2.20. The smallest absolute Gasteiger partial charge is 0.307 e. The SMILES string of the molecule is O=C(O)Cc1ccc(NC(=O)CC2CSCCS2)cc1F. The predicted molar refractivity (Wildman–Crippen MR) is 84.6 cm³/mol.